The Kier molecular flexibility index (Phi) is 6.59. The number of benzene rings is 2. The van der Waals surface area contributed by atoms with Crippen molar-refractivity contribution >= 4 is 34.6 Å². The lowest BCUT2D eigenvalue weighted by molar-refractivity contribution is 0.122. The van der Waals surface area contributed by atoms with E-state index in [1.165, 1.54) is 5.56 Å². The first-order valence-corrected chi connectivity index (χ1v) is 10.4. The zero-order chi connectivity index (χ0) is 21.5. The second-order valence-corrected chi connectivity index (χ2v) is 7.23. The van der Waals surface area contributed by atoms with Gasteiger partial charge in [-0.15, -0.1) is 5.10 Å². The highest BCUT2D eigenvalue weighted by atomic mass is 16.5. The average Bonchev–Trinajstić information content (AvgIpc) is 2.82. The van der Waals surface area contributed by atoms with Crippen LogP contribution in [-0.4, -0.2) is 42.5 Å². The maximum absolute atomic E-state index is 12.2. The Morgan fingerprint density at radius 2 is 1.58 bits per heavy atom. The molecule has 0 saturated carbocycles. The molecule has 4 rings (SSSR count). The number of hydrogen-bond acceptors (Lipinski definition) is 6. The number of rotatable bonds is 6. The van der Waals surface area contributed by atoms with Gasteiger partial charge in [-0.1, -0.05) is 19.1 Å². The lowest BCUT2D eigenvalue weighted by Gasteiger charge is -2.28. The molecule has 8 heteroatoms. The van der Waals surface area contributed by atoms with Gasteiger partial charge in [0.1, 0.15) is 0 Å². The van der Waals surface area contributed by atoms with Gasteiger partial charge in [0.15, 0.2) is 5.82 Å². The van der Waals surface area contributed by atoms with Crippen LogP contribution in [-0.2, 0) is 11.2 Å². The van der Waals surface area contributed by atoms with Crippen LogP contribution in [0.4, 0.5) is 33.4 Å². The summed E-state index contributed by atoms with van der Waals surface area (Å²) < 4.78 is 5.40. The highest BCUT2D eigenvalue weighted by Crippen LogP contribution is 2.22. The molecule has 0 aliphatic carbocycles. The monoisotopic (exact) mass is 418 g/mol. The maximum atomic E-state index is 12.2. The lowest BCUT2D eigenvalue weighted by atomic mass is 10.1. The summed E-state index contributed by atoms with van der Waals surface area (Å²) in [6.45, 7) is 5.22. The van der Waals surface area contributed by atoms with Crippen molar-refractivity contribution in [2.24, 2.45) is 0 Å². The third-order valence-electron chi connectivity index (χ3n) is 5.05. The minimum Gasteiger partial charge on any atom is -0.378 e. The van der Waals surface area contributed by atoms with Crippen molar-refractivity contribution in [2.75, 3.05) is 47.2 Å². The van der Waals surface area contributed by atoms with Gasteiger partial charge in [-0.3, -0.25) is 0 Å². The fourth-order valence-corrected chi connectivity index (χ4v) is 3.31. The van der Waals surface area contributed by atoms with Crippen LogP contribution in [0.1, 0.15) is 12.5 Å². The van der Waals surface area contributed by atoms with E-state index in [1.807, 2.05) is 54.6 Å². The summed E-state index contributed by atoms with van der Waals surface area (Å²) in [4.78, 5) is 14.5. The smallest absolute Gasteiger partial charge is 0.323 e. The first-order valence-electron chi connectivity index (χ1n) is 10.4. The highest BCUT2D eigenvalue weighted by Gasteiger charge is 2.12. The number of aromatic nitrogens is 2. The zero-order valence-corrected chi connectivity index (χ0v) is 17.5. The van der Waals surface area contributed by atoms with E-state index in [0.717, 1.165) is 49.8 Å². The van der Waals surface area contributed by atoms with E-state index in [-0.39, 0.29) is 6.03 Å². The molecule has 1 aliphatic rings. The number of amides is 2. The summed E-state index contributed by atoms with van der Waals surface area (Å²) >= 11 is 0. The minimum absolute atomic E-state index is 0.283. The number of ether oxygens (including phenoxy) is 1. The van der Waals surface area contributed by atoms with Crippen LogP contribution in [0.5, 0.6) is 0 Å². The summed E-state index contributed by atoms with van der Waals surface area (Å²) in [7, 11) is 0. The van der Waals surface area contributed by atoms with Crippen LogP contribution in [0.3, 0.4) is 0 Å². The second-order valence-electron chi connectivity index (χ2n) is 7.23. The van der Waals surface area contributed by atoms with Crippen LogP contribution < -0.4 is 20.9 Å². The summed E-state index contributed by atoms with van der Waals surface area (Å²) in [5, 5.41) is 17.2. The van der Waals surface area contributed by atoms with Crippen LogP contribution in [0.2, 0.25) is 0 Å². The number of nitrogens with one attached hydrogen (secondary N) is 3. The van der Waals surface area contributed by atoms with Crippen LogP contribution in [0.25, 0.3) is 0 Å². The molecule has 0 radical (unpaired) electrons. The Morgan fingerprint density at radius 1 is 0.968 bits per heavy atom. The third-order valence-corrected chi connectivity index (χ3v) is 5.05. The molecule has 0 spiro atoms. The van der Waals surface area contributed by atoms with Gasteiger partial charge < -0.3 is 25.6 Å². The molecule has 3 aromatic rings. The van der Waals surface area contributed by atoms with Crippen molar-refractivity contribution in [2.45, 2.75) is 13.3 Å². The third kappa shape index (κ3) is 5.70. The van der Waals surface area contributed by atoms with Gasteiger partial charge in [0, 0.05) is 36.2 Å². The fraction of sp³-hybridized carbons (Fsp3) is 0.261. The predicted octanol–water partition coefficient (Wildman–Crippen LogP) is 4.26. The van der Waals surface area contributed by atoms with Gasteiger partial charge in [0.05, 0.1) is 25.1 Å². The van der Waals surface area contributed by atoms with Gasteiger partial charge >= 0.3 is 6.03 Å². The van der Waals surface area contributed by atoms with Crippen molar-refractivity contribution in [3.8, 4) is 0 Å². The molecule has 2 heterocycles. The number of aryl methyl sites for hydroxylation is 1. The normalized spacial score (nSPS) is 13.5. The molecule has 1 aromatic heterocycles. The Balaban J connectivity index is 1.33. The SMILES string of the molecule is CCc1ccc(NC(=O)Nc2ccc(Nc3cc(N4CCOCC4)cnn3)cc2)cc1. The molecule has 2 aromatic carbocycles. The fourth-order valence-electron chi connectivity index (χ4n) is 3.31. The molecule has 1 saturated heterocycles. The van der Waals surface area contributed by atoms with Gasteiger partial charge in [-0.2, -0.15) is 5.10 Å². The molecule has 160 valence electrons. The van der Waals surface area contributed by atoms with Crippen LogP contribution in [0, 0.1) is 0 Å². The first-order chi connectivity index (χ1) is 15.2. The summed E-state index contributed by atoms with van der Waals surface area (Å²) in [5.41, 5.74) is 4.56. The molecule has 8 nitrogen and oxygen atoms in total. The lowest BCUT2D eigenvalue weighted by Crippen LogP contribution is -2.36. The predicted molar refractivity (Wildman–Crippen MR) is 123 cm³/mol. The number of morpholine rings is 1. The summed E-state index contributed by atoms with van der Waals surface area (Å²) in [6.07, 6.45) is 2.73. The molecule has 1 aliphatic heterocycles. The molecule has 31 heavy (non-hydrogen) atoms. The zero-order valence-electron chi connectivity index (χ0n) is 17.5. The Labute approximate surface area is 181 Å². The quantitative estimate of drug-likeness (QED) is 0.554. The molecular weight excluding hydrogens is 392 g/mol. The second kappa shape index (κ2) is 9.90. The Bertz CT molecular complexity index is 1000. The van der Waals surface area contributed by atoms with Gasteiger partial charge in [-0.05, 0) is 48.4 Å². The number of nitrogens with zero attached hydrogens (tertiary/aromatic N) is 3. The number of anilines is 5. The molecule has 2 amide bonds. The topological polar surface area (TPSA) is 91.4 Å². The molecule has 1 fully saturated rings. The van der Waals surface area contributed by atoms with Gasteiger partial charge in [0.2, 0.25) is 0 Å². The van der Waals surface area contributed by atoms with Crippen molar-refractivity contribution < 1.29 is 9.53 Å². The van der Waals surface area contributed by atoms with E-state index >= 15 is 0 Å². The van der Waals surface area contributed by atoms with Crippen molar-refractivity contribution in [1.29, 1.82) is 0 Å². The van der Waals surface area contributed by atoms with Gasteiger partial charge in [0.25, 0.3) is 0 Å². The first kappa shape index (κ1) is 20.6. The van der Waals surface area contributed by atoms with Crippen molar-refractivity contribution in [3.05, 3.63) is 66.4 Å². The molecular formula is C23H26N6O2. The minimum atomic E-state index is -0.283. The van der Waals surface area contributed by atoms with E-state index in [1.54, 1.807) is 6.20 Å². The Hall–Kier alpha value is -3.65. The molecule has 0 bridgehead atoms. The number of urea groups is 1. The van der Waals surface area contributed by atoms with E-state index < -0.39 is 0 Å². The van der Waals surface area contributed by atoms with Crippen LogP contribution >= 0.6 is 0 Å². The van der Waals surface area contributed by atoms with Crippen LogP contribution in [0.15, 0.2) is 60.8 Å². The van der Waals surface area contributed by atoms with Gasteiger partial charge in [-0.25, -0.2) is 4.79 Å². The highest BCUT2D eigenvalue weighted by molar-refractivity contribution is 5.99. The van der Waals surface area contributed by atoms with E-state index in [9.17, 15) is 4.79 Å². The van der Waals surface area contributed by atoms with E-state index in [2.05, 4.69) is 38.0 Å². The number of carbonyl (C=O) groups is 1. The maximum Gasteiger partial charge on any atom is 0.323 e. The number of carbonyl (C=O) groups excluding carboxylic acids is 1. The Morgan fingerprint density at radius 3 is 2.23 bits per heavy atom. The van der Waals surface area contributed by atoms with Crippen molar-refractivity contribution in [1.82, 2.24) is 10.2 Å². The number of hydrogen-bond donors (Lipinski definition) is 3. The molecule has 0 atom stereocenters. The van der Waals surface area contributed by atoms with Crippen molar-refractivity contribution in [3.63, 3.8) is 0 Å². The summed E-state index contributed by atoms with van der Waals surface area (Å²) in [5.74, 6) is 0.665. The molecule has 0 unspecified atom stereocenters. The largest absolute Gasteiger partial charge is 0.378 e. The van der Waals surface area contributed by atoms with E-state index in [0.29, 0.717) is 11.5 Å². The summed E-state index contributed by atoms with van der Waals surface area (Å²) in [6, 6.07) is 16.9. The van der Waals surface area contributed by atoms with E-state index in [4.69, 9.17) is 4.74 Å². The average molecular weight is 419 g/mol. The molecule has 3 N–H and O–H groups in total. The standard InChI is InChI=1S/C23H26N6O2/c1-2-17-3-5-19(6-4-17)26-23(30)27-20-9-7-18(8-10-20)25-22-15-21(16-24-28-22)29-11-13-31-14-12-29/h3-10,15-16H,2,11-14H2,1H3,(H,25,28)(H2,26,27,30).